The number of rotatable bonds is 7. The molecule has 1 rings (SSSR count). The lowest BCUT2D eigenvalue weighted by Crippen LogP contribution is -2.36. The van der Waals surface area contributed by atoms with E-state index in [0.717, 1.165) is 13.0 Å². The molecule has 0 spiro atoms. The Hall–Kier alpha value is -1.22. The Morgan fingerprint density at radius 3 is 2.44 bits per heavy atom. The molecule has 0 saturated carbocycles. The Bertz CT molecular complexity index is 375. The van der Waals surface area contributed by atoms with Gasteiger partial charge in [0.2, 0.25) is 0 Å². The summed E-state index contributed by atoms with van der Waals surface area (Å²) in [6.07, 6.45) is 3.46. The van der Waals surface area contributed by atoms with Crippen molar-refractivity contribution < 1.29 is 9.18 Å². The van der Waals surface area contributed by atoms with Gasteiger partial charge >= 0.3 is 0 Å². The summed E-state index contributed by atoms with van der Waals surface area (Å²) in [4.78, 5) is 14.2. The van der Waals surface area contributed by atoms with Crippen LogP contribution in [-0.2, 0) is 0 Å². The van der Waals surface area contributed by atoms with E-state index < -0.39 is 0 Å². The standard InChI is InChI=1S/C15H22FNO/c1-4-5-6-11-17(3)12(2)15(18)13-7-9-14(16)10-8-13/h7-10,12H,4-6,11H2,1-3H3. The van der Waals surface area contributed by atoms with Gasteiger partial charge in [-0.15, -0.1) is 0 Å². The molecule has 0 bridgehead atoms. The molecule has 0 amide bonds. The number of Topliss-reactive ketones (excluding diaryl/α,β-unsaturated/α-hetero) is 1. The van der Waals surface area contributed by atoms with Crippen molar-refractivity contribution in [2.45, 2.75) is 39.2 Å². The number of nitrogens with zero attached hydrogens (tertiary/aromatic N) is 1. The molecule has 0 N–H and O–H groups in total. The van der Waals surface area contributed by atoms with Gasteiger partial charge in [0, 0.05) is 5.56 Å². The van der Waals surface area contributed by atoms with Crippen LogP contribution in [0.1, 0.15) is 43.5 Å². The highest BCUT2D eigenvalue weighted by molar-refractivity contribution is 5.99. The maximum atomic E-state index is 12.8. The predicted molar refractivity (Wildman–Crippen MR) is 72.3 cm³/mol. The third-order valence-corrected chi connectivity index (χ3v) is 3.28. The van der Waals surface area contributed by atoms with Crippen LogP contribution in [0.15, 0.2) is 24.3 Å². The minimum atomic E-state index is -0.310. The number of hydrogen-bond acceptors (Lipinski definition) is 2. The molecular weight excluding hydrogens is 229 g/mol. The second kappa shape index (κ2) is 7.27. The lowest BCUT2D eigenvalue weighted by Gasteiger charge is -2.23. The molecule has 100 valence electrons. The second-order valence-corrected chi connectivity index (χ2v) is 4.73. The van der Waals surface area contributed by atoms with Gasteiger partial charge in [0.05, 0.1) is 6.04 Å². The summed E-state index contributed by atoms with van der Waals surface area (Å²) in [5.74, 6) is -0.260. The van der Waals surface area contributed by atoms with E-state index in [2.05, 4.69) is 11.8 Å². The second-order valence-electron chi connectivity index (χ2n) is 4.73. The van der Waals surface area contributed by atoms with Gasteiger partial charge in [0.1, 0.15) is 5.82 Å². The molecule has 2 nitrogen and oxygen atoms in total. The van der Waals surface area contributed by atoms with Crippen molar-refractivity contribution in [1.82, 2.24) is 4.90 Å². The summed E-state index contributed by atoms with van der Waals surface area (Å²) < 4.78 is 12.8. The SMILES string of the molecule is CCCCCN(C)C(C)C(=O)c1ccc(F)cc1. The van der Waals surface area contributed by atoms with Gasteiger partial charge in [0.15, 0.2) is 5.78 Å². The third-order valence-electron chi connectivity index (χ3n) is 3.28. The van der Waals surface area contributed by atoms with Crippen LogP contribution in [0, 0.1) is 5.82 Å². The van der Waals surface area contributed by atoms with Crippen molar-refractivity contribution in [2.75, 3.05) is 13.6 Å². The molecule has 0 aromatic heterocycles. The summed E-state index contributed by atoms with van der Waals surface area (Å²) in [6.45, 7) is 4.98. The number of hydrogen-bond donors (Lipinski definition) is 0. The zero-order valence-electron chi connectivity index (χ0n) is 11.4. The van der Waals surface area contributed by atoms with E-state index in [1.165, 1.54) is 25.0 Å². The molecular formula is C15H22FNO. The van der Waals surface area contributed by atoms with Gasteiger partial charge in [-0.2, -0.15) is 0 Å². The van der Waals surface area contributed by atoms with Gasteiger partial charge in [-0.3, -0.25) is 9.69 Å². The maximum Gasteiger partial charge on any atom is 0.179 e. The smallest absolute Gasteiger partial charge is 0.179 e. The third kappa shape index (κ3) is 4.22. The first-order valence-corrected chi connectivity index (χ1v) is 6.56. The molecule has 3 heteroatoms. The Labute approximate surface area is 109 Å². The fourth-order valence-corrected chi connectivity index (χ4v) is 1.86. The van der Waals surface area contributed by atoms with Crippen LogP contribution in [0.5, 0.6) is 0 Å². The largest absolute Gasteiger partial charge is 0.297 e. The lowest BCUT2D eigenvalue weighted by atomic mass is 10.0. The molecule has 0 aliphatic rings. The van der Waals surface area contributed by atoms with Gasteiger partial charge < -0.3 is 0 Å². The maximum absolute atomic E-state index is 12.8. The number of unbranched alkanes of at least 4 members (excludes halogenated alkanes) is 2. The molecule has 18 heavy (non-hydrogen) atoms. The van der Waals surface area contributed by atoms with E-state index in [1.54, 1.807) is 12.1 Å². The highest BCUT2D eigenvalue weighted by Gasteiger charge is 2.19. The quantitative estimate of drug-likeness (QED) is 0.546. The molecule has 1 aromatic rings. The Kier molecular flexibility index (Phi) is 5.99. The first-order chi connectivity index (χ1) is 8.56. The highest BCUT2D eigenvalue weighted by Crippen LogP contribution is 2.10. The molecule has 0 saturated heterocycles. The van der Waals surface area contributed by atoms with Crippen molar-refractivity contribution in [3.05, 3.63) is 35.6 Å². The molecule has 0 aliphatic carbocycles. The van der Waals surface area contributed by atoms with Gasteiger partial charge in [-0.25, -0.2) is 4.39 Å². The average molecular weight is 251 g/mol. The summed E-state index contributed by atoms with van der Waals surface area (Å²) >= 11 is 0. The number of carbonyl (C=O) groups is 1. The number of ketones is 1. The van der Waals surface area contributed by atoms with Crippen LogP contribution in [0.2, 0.25) is 0 Å². The van der Waals surface area contributed by atoms with Crippen LogP contribution in [0.4, 0.5) is 4.39 Å². The van der Waals surface area contributed by atoms with Gasteiger partial charge in [-0.1, -0.05) is 19.8 Å². The number of likely N-dealkylation sites (N-methyl/N-ethyl adjacent to an activating group) is 1. The Balaban J connectivity index is 2.57. The highest BCUT2D eigenvalue weighted by atomic mass is 19.1. The number of carbonyl (C=O) groups excluding carboxylic acids is 1. The molecule has 0 fully saturated rings. The topological polar surface area (TPSA) is 20.3 Å². The summed E-state index contributed by atoms with van der Waals surface area (Å²) in [5, 5.41) is 0. The molecule has 1 atom stereocenters. The first kappa shape index (κ1) is 14.8. The first-order valence-electron chi connectivity index (χ1n) is 6.56. The van der Waals surface area contributed by atoms with E-state index in [9.17, 15) is 9.18 Å². The van der Waals surface area contributed by atoms with Crippen LogP contribution < -0.4 is 0 Å². The fraction of sp³-hybridized carbons (Fsp3) is 0.533. The van der Waals surface area contributed by atoms with Gasteiger partial charge in [-0.05, 0) is 51.2 Å². The predicted octanol–water partition coefficient (Wildman–Crippen LogP) is 3.52. The number of benzene rings is 1. The van der Waals surface area contributed by atoms with Crippen molar-refractivity contribution in [2.24, 2.45) is 0 Å². The van der Waals surface area contributed by atoms with E-state index in [1.807, 2.05) is 14.0 Å². The molecule has 1 aromatic carbocycles. The summed E-state index contributed by atoms with van der Waals surface area (Å²) in [5.41, 5.74) is 0.575. The summed E-state index contributed by atoms with van der Waals surface area (Å²) in [6, 6.07) is 5.60. The van der Waals surface area contributed by atoms with E-state index in [-0.39, 0.29) is 17.6 Å². The van der Waals surface area contributed by atoms with Crippen LogP contribution >= 0.6 is 0 Å². The fourth-order valence-electron chi connectivity index (χ4n) is 1.86. The zero-order chi connectivity index (χ0) is 13.5. The van der Waals surface area contributed by atoms with Crippen molar-refractivity contribution in [1.29, 1.82) is 0 Å². The van der Waals surface area contributed by atoms with E-state index in [4.69, 9.17) is 0 Å². The normalized spacial score (nSPS) is 12.7. The van der Waals surface area contributed by atoms with Crippen LogP contribution in [0.25, 0.3) is 0 Å². The van der Waals surface area contributed by atoms with Crippen molar-refractivity contribution in [3.8, 4) is 0 Å². The van der Waals surface area contributed by atoms with E-state index in [0.29, 0.717) is 5.56 Å². The van der Waals surface area contributed by atoms with Gasteiger partial charge in [0.25, 0.3) is 0 Å². The molecule has 0 heterocycles. The number of halogens is 1. The monoisotopic (exact) mass is 251 g/mol. The minimum absolute atomic E-state index is 0.0500. The Morgan fingerprint density at radius 1 is 1.28 bits per heavy atom. The molecule has 0 radical (unpaired) electrons. The molecule has 1 unspecified atom stereocenters. The van der Waals surface area contributed by atoms with E-state index >= 15 is 0 Å². The zero-order valence-corrected chi connectivity index (χ0v) is 11.4. The lowest BCUT2D eigenvalue weighted by molar-refractivity contribution is 0.0867. The van der Waals surface area contributed by atoms with Crippen molar-refractivity contribution >= 4 is 5.78 Å². The van der Waals surface area contributed by atoms with Crippen LogP contribution in [0.3, 0.4) is 0 Å². The van der Waals surface area contributed by atoms with Crippen molar-refractivity contribution in [3.63, 3.8) is 0 Å². The molecule has 0 aliphatic heterocycles. The average Bonchev–Trinajstić information content (AvgIpc) is 2.38. The summed E-state index contributed by atoms with van der Waals surface area (Å²) in [7, 11) is 1.96. The van der Waals surface area contributed by atoms with Crippen LogP contribution in [-0.4, -0.2) is 30.3 Å². The minimum Gasteiger partial charge on any atom is -0.297 e. The Morgan fingerprint density at radius 2 is 1.89 bits per heavy atom.